The Hall–Kier alpha value is -1.56. The molecule has 2 saturated carbocycles. The number of hydrogen-bond acceptors (Lipinski definition) is 7. The van der Waals surface area contributed by atoms with Gasteiger partial charge in [0.1, 0.15) is 26.4 Å². The van der Waals surface area contributed by atoms with Gasteiger partial charge in [0, 0.05) is 46.0 Å². The molecule has 2 aromatic carbocycles. The van der Waals surface area contributed by atoms with Gasteiger partial charge in [-0.25, -0.2) is 8.42 Å². The molecule has 1 unspecified atom stereocenters. The van der Waals surface area contributed by atoms with E-state index in [9.17, 15) is 27.4 Å². The smallest absolute Gasteiger partial charge is 0.156 e. The van der Waals surface area contributed by atoms with Crippen LogP contribution in [0.2, 0.25) is 0 Å². The van der Waals surface area contributed by atoms with Crippen molar-refractivity contribution in [2.75, 3.05) is 32.0 Å². The van der Waals surface area contributed by atoms with Gasteiger partial charge >= 0.3 is 0 Å². The number of carbonyl (C=O) groups excluding carboxylic acids is 1. The number of carbonyl (C=O) groups is 1. The van der Waals surface area contributed by atoms with Crippen molar-refractivity contribution in [1.29, 1.82) is 0 Å². The summed E-state index contributed by atoms with van der Waals surface area (Å²) < 4.78 is 54.1. The van der Waals surface area contributed by atoms with Crippen LogP contribution in [0.5, 0.6) is 0 Å². The monoisotopic (exact) mass is 752 g/mol. The number of aliphatic hydroxyl groups excluding tert-OH is 1. The van der Waals surface area contributed by atoms with Gasteiger partial charge in [0.05, 0.1) is 10.5 Å². The Balaban J connectivity index is 0.000000246. The first kappa shape index (κ1) is 44.6. The minimum Gasteiger partial charge on any atom is -0.388 e. The molecule has 284 valence electrons. The molecule has 3 aliphatic rings. The van der Waals surface area contributed by atoms with Gasteiger partial charge in [0.2, 0.25) is 0 Å². The Labute approximate surface area is 304 Å². The summed E-state index contributed by atoms with van der Waals surface area (Å²) in [6, 6.07) is 19.0. The zero-order chi connectivity index (χ0) is 38.5. The fraction of sp³-hybridized carbons (Fsp3) is 0.675. The minimum atomic E-state index is -3.25. The number of ketones is 1. The number of sulfone groups is 1. The van der Waals surface area contributed by atoms with E-state index in [1.54, 1.807) is 20.8 Å². The van der Waals surface area contributed by atoms with Crippen LogP contribution in [0.1, 0.15) is 108 Å². The standard InChI is InChI=1S/C14H24O3S.C11H17O2P.C11H17OP.C4H8O/c1-12(2,3)18(16,17)9-14-7-6-10(8-11(14)15)13(14,4)5;1-11(2,3)14(13,9-12)10-7-5-4-6-8-10;1-11(2,3)13(4,12)10-8-6-5-7-9-10;1-2-4-5-3-1/h10H,6-9H2,1-5H3;4-8,12H,9H2,1-3H3;5-9H,1-4H3;1-4H2/t10?,14-;14-;13-;/m111./s1. The van der Waals surface area contributed by atoms with Gasteiger partial charge in [-0.15, -0.1) is 0 Å². The second-order valence-corrected chi connectivity index (χ2v) is 27.7. The third-order valence-corrected chi connectivity index (χ3v) is 21.6. The molecular formula is C40H66O7P2S. The lowest BCUT2D eigenvalue weighted by molar-refractivity contribution is -0.128. The summed E-state index contributed by atoms with van der Waals surface area (Å²) in [6.45, 7) is 25.0. The van der Waals surface area contributed by atoms with E-state index in [4.69, 9.17) is 4.74 Å². The van der Waals surface area contributed by atoms with E-state index in [0.717, 1.165) is 36.7 Å². The van der Waals surface area contributed by atoms with Crippen molar-refractivity contribution in [2.45, 2.75) is 123 Å². The lowest BCUT2D eigenvalue weighted by atomic mass is 9.70. The van der Waals surface area contributed by atoms with E-state index in [1.165, 1.54) is 12.8 Å². The lowest BCUT2D eigenvalue weighted by Crippen LogP contribution is -2.46. The highest BCUT2D eigenvalue weighted by Crippen LogP contribution is 2.64. The summed E-state index contributed by atoms with van der Waals surface area (Å²) in [5.74, 6) is 0.586. The van der Waals surface area contributed by atoms with Crippen molar-refractivity contribution in [2.24, 2.45) is 16.7 Å². The lowest BCUT2D eigenvalue weighted by Gasteiger charge is -2.38. The number of hydrogen-bond donors (Lipinski definition) is 1. The normalized spacial score (nSPS) is 23.9. The fourth-order valence-corrected chi connectivity index (χ4v) is 11.9. The van der Waals surface area contributed by atoms with Crippen LogP contribution in [0, 0.1) is 16.7 Å². The highest BCUT2D eigenvalue weighted by atomic mass is 32.2. The third kappa shape index (κ3) is 9.90. The second-order valence-electron chi connectivity index (χ2n) is 17.7. The number of fused-ring (bicyclic) bond motifs is 2. The molecule has 50 heavy (non-hydrogen) atoms. The van der Waals surface area contributed by atoms with Gasteiger partial charge in [-0.05, 0) is 64.5 Å². The Morgan fingerprint density at radius 1 is 0.800 bits per heavy atom. The van der Waals surface area contributed by atoms with Crippen LogP contribution in [0.3, 0.4) is 0 Å². The van der Waals surface area contributed by atoms with Crippen LogP contribution in [0.4, 0.5) is 0 Å². The van der Waals surface area contributed by atoms with Gasteiger partial charge in [-0.1, -0.05) is 116 Å². The van der Waals surface area contributed by atoms with E-state index in [2.05, 4.69) is 13.8 Å². The summed E-state index contributed by atoms with van der Waals surface area (Å²) >= 11 is 0. The first-order valence-corrected chi connectivity index (χ1v) is 23.6. The molecule has 5 rings (SSSR count). The summed E-state index contributed by atoms with van der Waals surface area (Å²) in [7, 11) is -8.16. The molecule has 1 saturated heterocycles. The van der Waals surface area contributed by atoms with Crippen LogP contribution in [-0.4, -0.2) is 66.3 Å². The van der Waals surface area contributed by atoms with Crippen molar-refractivity contribution >= 4 is 40.5 Å². The van der Waals surface area contributed by atoms with E-state index in [1.807, 2.05) is 109 Å². The predicted octanol–water partition coefficient (Wildman–Crippen LogP) is 8.92. The maximum absolute atomic E-state index is 12.6. The molecule has 1 N–H and O–H groups in total. The Bertz CT molecular complexity index is 1590. The molecule has 10 heteroatoms. The highest BCUT2D eigenvalue weighted by molar-refractivity contribution is 7.92. The number of Topliss-reactive ketones (excluding diaryl/α,β-unsaturated/α-hetero) is 1. The van der Waals surface area contributed by atoms with Crippen molar-refractivity contribution in [3.8, 4) is 0 Å². The van der Waals surface area contributed by atoms with E-state index in [0.29, 0.717) is 12.3 Å². The van der Waals surface area contributed by atoms with Crippen LogP contribution in [-0.2, 0) is 28.5 Å². The zero-order valence-corrected chi connectivity index (χ0v) is 35.5. The summed E-state index contributed by atoms with van der Waals surface area (Å²) in [6.07, 6.45) is 4.62. The van der Waals surface area contributed by atoms with Gasteiger partial charge in [-0.2, -0.15) is 0 Å². The zero-order valence-electron chi connectivity index (χ0n) is 32.9. The molecule has 2 aliphatic carbocycles. The van der Waals surface area contributed by atoms with Crippen LogP contribution in [0.15, 0.2) is 60.7 Å². The quantitative estimate of drug-likeness (QED) is 0.304. The topological polar surface area (TPSA) is 115 Å². The van der Waals surface area contributed by atoms with Gasteiger partial charge in [0.25, 0.3) is 0 Å². The van der Waals surface area contributed by atoms with Gasteiger partial charge in [-0.3, -0.25) is 4.79 Å². The van der Waals surface area contributed by atoms with Gasteiger partial charge < -0.3 is 19.0 Å². The molecule has 1 heterocycles. The van der Waals surface area contributed by atoms with Crippen LogP contribution in [0.25, 0.3) is 0 Å². The molecule has 0 radical (unpaired) electrons. The number of ether oxygens (including phenoxy) is 1. The van der Waals surface area contributed by atoms with Crippen molar-refractivity contribution in [1.82, 2.24) is 0 Å². The van der Waals surface area contributed by atoms with Crippen LogP contribution < -0.4 is 10.6 Å². The summed E-state index contributed by atoms with van der Waals surface area (Å²) in [5.41, 5.74) is -0.786. The van der Waals surface area contributed by atoms with Crippen molar-refractivity contribution in [3.05, 3.63) is 60.7 Å². The molecule has 2 aromatic rings. The molecule has 4 atom stereocenters. The number of aliphatic hydroxyl groups is 1. The molecule has 1 aliphatic heterocycles. The van der Waals surface area contributed by atoms with Crippen molar-refractivity contribution in [3.63, 3.8) is 0 Å². The van der Waals surface area contributed by atoms with Gasteiger partial charge in [0.15, 0.2) is 9.84 Å². The molecule has 0 amide bonds. The molecule has 2 bridgehead atoms. The molecule has 7 nitrogen and oxygen atoms in total. The average Bonchev–Trinajstić information content (AvgIpc) is 3.72. The third-order valence-electron chi connectivity index (χ3n) is 11.3. The average molecular weight is 753 g/mol. The fourth-order valence-electron chi connectivity index (χ4n) is 6.61. The number of benzene rings is 2. The van der Waals surface area contributed by atoms with E-state index < -0.39 is 34.3 Å². The second kappa shape index (κ2) is 16.6. The molecule has 3 fully saturated rings. The molecule has 0 aromatic heterocycles. The first-order valence-electron chi connectivity index (χ1n) is 17.9. The largest absolute Gasteiger partial charge is 0.388 e. The van der Waals surface area contributed by atoms with E-state index >= 15 is 0 Å². The van der Waals surface area contributed by atoms with Crippen molar-refractivity contribution < 1.29 is 32.2 Å². The minimum absolute atomic E-state index is 0.0336. The summed E-state index contributed by atoms with van der Waals surface area (Å²) in [4.78, 5) is 12.3. The predicted molar refractivity (Wildman–Crippen MR) is 212 cm³/mol. The highest BCUT2D eigenvalue weighted by Gasteiger charge is 2.65. The Morgan fingerprint density at radius 3 is 1.56 bits per heavy atom. The van der Waals surface area contributed by atoms with Crippen LogP contribution >= 0.6 is 14.3 Å². The Morgan fingerprint density at radius 2 is 1.26 bits per heavy atom. The number of rotatable bonds is 5. The molecule has 0 spiro atoms. The SMILES string of the molecule is C1CCOC1.CC(C)(C)[P@@](=O)(CO)c1ccccc1.CC(C)(C)[P@](C)(=O)c1ccccc1.CC1(C)C2CC[C@@]1(CS(=O)(=O)C(C)(C)C)C(=O)C2. The maximum atomic E-state index is 12.6. The first-order chi connectivity index (χ1) is 22.7. The molecular weight excluding hydrogens is 686 g/mol. The maximum Gasteiger partial charge on any atom is 0.156 e. The summed E-state index contributed by atoms with van der Waals surface area (Å²) in [5, 5.41) is 10.5. The Kier molecular flexibility index (Phi) is 14.8. The van der Waals surface area contributed by atoms with E-state index in [-0.39, 0.29) is 33.6 Å².